The number of hydrogen-bond acceptors (Lipinski definition) is 2. The molecule has 1 nitrogen and oxygen atoms in total. The number of nitrogens with two attached hydrogens (primary N) is 1. The van der Waals surface area contributed by atoms with Crippen molar-refractivity contribution in [3.05, 3.63) is 29.8 Å². The third kappa shape index (κ3) is 4.58. The molecular weight excluding hydrogens is 214 g/mol. The molecule has 0 fully saturated rings. The summed E-state index contributed by atoms with van der Waals surface area (Å²) in [6.07, 6.45) is 1.16. The molecule has 0 atom stereocenters. The lowest BCUT2D eigenvalue weighted by Crippen LogP contribution is -2.26. The lowest BCUT2D eigenvalue weighted by atomic mass is 10.0. The zero-order valence-electron chi connectivity index (χ0n) is 10.8. The van der Waals surface area contributed by atoms with Crippen LogP contribution in [0, 0.1) is 5.92 Å². The van der Waals surface area contributed by atoms with Crippen LogP contribution in [0.5, 0.6) is 0 Å². The highest BCUT2D eigenvalue weighted by Gasteiger charge is 2.16. The van der Waals surface area contributed by atoms with Crippen LogP contribution in [-0.4, -0.2) is 11.3 Å². The van der Waals surface area contributed by atoms with E-state index in [1.807, 2.05) is 11.8 Å². The van der Waals surface area contributed by atoms with Crippen LogP contribution in [0.2, 0.25) is 0 Å². The summed E-state index contributed by atoms with van der Waals surface area (Å²) in [6.45, 7) is 9.56. The molecule has 0 amide bonds. The van der Waals surface area contributed by atoms with Crippen LogP contribution in [-0.2, 0) is 6.42 Å². The van der Waals surface area contributed by atoms with Gasteiger partial charge in [0.1, 0.15) is 0 Å². The van der Waals surface area contributed by atoms with Gasteiger partial charge in [-0.15, -0.1) is 11.8 Å². The van der Waals surface area contributed by atoms with Gasteiger partial charge < -0.3 is 5.73 Å². The lowest BCUT2D eigenvalue weighted by Gasteiger charge is -2.21. The van der Waals surface area contributed by atoms with Crippen LogP contribution in [0.1, 0.15) is 33.3 Å². The van der Waals surface area contributed by atoms with E-state index in [1.165, 1.54) is 10.5 Å². The minimum absolute atomic E-state index is 0.125. The second-order valence-electron chi connectivity index (χ2n) is 5.31. The first-order valence-electron chi connectivity index (χ1n) is 5.91. The molecule has 0 spiro atoms. The fourth-order valence-corrected chi connectivity index (χ4v) is 2.52. The van der Waals surface area contributed by atoms with E-state index < -0.39 is 0 Å². The first-order valence-corrected chi connectivity index (χ1v) is 6.72. The van der Waals surface area contributed by atoms with E-state index in [-0.39, 0.29) is 4.75 Å². The van der Waals surface area contributed by atoms with Crippen LogP contribution in [0.15, 0.2) is 29.2 Å². The van der Waals surface area contributed by atoms with Crippen molar-refractivity contribution in [2.75, 3.05) is 6.54 Å². The molecule has 0 aliphatic carbocycles. The van der Waals surface area contributed by atoms with Gasteiger partial charge >= 0.3 is 0 Å². The Labute approximate surface area is 104 Å². The topological polar surface area (TPSA) is 26.0 Å². The summed E-state index contributed by atoms with van der Waals surface area (Å²) in [6, 6.07) is 8.88. The summed E-state index contributed by atoms with van der Waals surface area (Å²) in [7, 11) is 0. The molecule has 1 aromatic rings. The van der Waals surface area contributed by atoms with Gasteiger partial charge in [-0.2, -0.15) is 0 Å². The molecule has 0 saturated heterocycles. The standard InChI is InChI=1S/C14H23NS/c1-11(2)9-12-5-7-13(8-6-12)16-14(3,4)10-15/h5-8,11H,9-10,15H2,1-4H3. The maximum atomic E-state index is 5.73. The number of hydrogen-bond donors (Lipinski definition) is 1. The Kier molecular flexibility index (Phi) is 4.88. The Morgan fingerprint density at radius 3 is 2.19 bits per heavy atom. The molecule has 0 bridgehead atoms. The second kappa shape index (κ2) is 5.74. The van der Waals surface area contributed by atoms with Gasteiger partial charge in [-0.05, 0) is 43.9 Å². The van der Waals surface area contributed by atoms with Gasteiger partial charge in [-0.3, -0.25) is 0 Å². The van der Waals surface area contributed by atoms with Crippen molar-refractivity contribution >= 4 is 11.8 Å². The zero-order valence-corrected chi connectivity index (χ0v) is 11.6. The highest BCUT2D eigenvalue weighted by molar-refractivity contribution is 8.00. The van der Waals surface area contributed by atoms with Gasteiger partial charge in [-0.25, -0.2) is 0 Å². The Hall–Kier alpha value is -0.470. The highest BCUT2D eigenvalue weighted by Crippen LogP contribution is 2.31. The minimum Gasteiger partial charge on any atom is -0.329 e. The van der Waals surface area contributed by atoms with Crippen molar-refractivity contribution in [2.45, 2.75) is 43.8 Å². The average Bonchev–Trinajstić information content (AvgIpc) is 2.20. The van der Waals surface area contributed by atoms with Crippen LogP contribution >= 0.6 is 11.8 Å². The van der Waals surface area contributed by atoms with Crippen LogP contribution < -0.4 is 5.73 Å². The van der Waals surface area contributed by atoms with E-state index in [1.54, 1.807) is 0 Å². The van der Waals surface area contributed by atoms with Gasteiger partial charge in [0, 0.05) is 16.2 Å². The molecule has 0 unspecified atom stereocenters. The van der Waals surface area contributed by atoms with Crippen molar-refractivity contribution in [1.82, 2.24) is 0 Å². The molecule has 0 saturated carbocycles. The summed E-state index contributed by atoms with van der Waals surface area (Å²) in [5, 5.41) is 0. The molecule has 16 heavy (non-hydrogen) atoms. The van der Waals surface area contributed by atoms with Crippen molar-refractivity contribution in [1.29, 1.82) is 0 Å². The van der Waals surface area contributed by atoms with E-state index in [9.17, 15) is 0 Å². The third-order valence-electron chi connectivity index (χ3n) is 2.45. The smallest absolute Gasteiger partial charge is 0.0273 e. The van der Waals surface area contributed by atoms with Crippen molar-refractivity contribution in [2.24, 2.45) is 11.7 Å². The minimum atomic E-state index is 0.125. The summed E-state index contributed by atoms with van der Waals surface area (Å²) in [4.78, 5) is 1.31. The van der Waals surface area contributed by atoms with Gasteiger partial charge in [0.15, 0.2) is 0 Å². The van der Waals surface area contributed by atoms with Crippen molar-refractivity contribution in [3.8, 4) is 0 Å². The van der Waals surface area contributed by atoms with Crippen LogP contribution in [0.4, 0.5) is 0 Å². The number of benzene rings is 1. The predicted molar refractivity (Wildman–Crippen MR) is 74.0 cm³/mol. The predicted octanol–water partition coefficient (Wildman–Crippen LogP) is 3.71. The molecule has 0 aliphatic heterocycles. The zero-order chi connectivity index (χ0) is 12.2. The van der Waals surface area contributed by atoms with E-state index in [0.29, 0.717) is 6.54 Å². The largest absolute Gasteiger partial charge is 0.329 e. The Bertz CT molecular complexity index is 314. The monoisotopic (exact) mass is 237 g/mol. The fraction of sp³-hybridized carbons (Fsp3) is 0.571. The van der Waals surface area contributed by atoms with Gasteiger partial charge in [-0.1, -0.05) is 26.0 Å². The Morgan fingerprint density at radius 1 is 1.19 bits per heavy atom. The second-order valence-corrected chi connectivity index (χ2v) is 7.09. The number of thioether (sulfide) groups is 1. The third-order valence-corrected chi connectivity index (χ3v) is 3.68. The first kappa shape index (κ1) is 13.6. The van der Waals surface area contributed by atoms with Gasteiger partial charge in [0.25, 0.3) is 0 Å². The summed E-state index contributed by atoms with van der Waals surface area (Å²) in [5.74, 6) is 0.721. The Morgan fingerprint density at radius 2 is 1.75 bits per heavy atom. The lowest BCUT2D eigenvalue weighted by molar-refractivity contribution is 0.647. The number of rotatable bonds is 5. The summed E-state index contributed by atoms with van der Waals surface area (Å²) < 4.78 is 0.125. The molecule has 1 aromatic carbocycles. The molecule has 0 aliphatic rings. The molecule has 0 radical (unpaired) electrons. The first-order chi connectivity index (χ1) is 7.43. The SMILES string of the molecule is CC(C)Cc1ccc(SC(C)(C)CN)cc1. The molecule has 2 N–H and O–H groups in total. The molecule has 0 aromatic heterocycles. The molecule has 90 valence electrons. The maximum Gasteiger partial charge on any atom is 0.0273 e. The normalized spacial score (nSPS) is 12.1. The summed E-state index contributed by atoms with van der Waals surface area (Å²) in [5.41, 5.74) is 7.15. The average molecular weight is 237 g/mol. The highest BCUT2D eigenvalue weighted by atomic mass is 32.2. The van der Waals surface area contributed by atoms with E-state index in [2.05, 4.69) is 52.0 Å². The molecular formula is C14H23NS. The van der Waals surface area contributed by atoms with Gasteiger partial charge in [0.2, 0.25) is 0 Å². The van der Waals surface area contributed by atoms with Crippen LogP contribution in [0.3, 0.4) is 0 Å². The fourth-order valence-electron chi connectivity index (χ4n) is 1.53. The van der Waals surface area contributed by atoms with Crippen molar-refractivity contribution < 1.29 is 0 Å². The molecule has 2 heteroatoms. The molecule has 1 rings (SSSR count). The maximum absolute atomic E-state index is 5.73. The van der Waals surface area contributed by atoms with Gasteiger partial charge in [0.05, 0.1) is 0 Å². The Balaban J connectivity index is 2.64. The van der Waals surface area contributed by atoms with Crippen molar-refractivity contribution in [3.63, 3.8) is 0 Å². The van der Waals surface area contributed by atoms with Crippen LogP contribution in [0.25, 0.3) is 0 Å². The van der Waals surface area contributed by atoms with E-state index in [0.717, 1.165) is 12.3 Å². The van der Waals surface area contributed by atoms with E-state index in [4.69, 9.17) is 5.73 Å². The summed E-state index contributed by atoms with van der Waals surface area (Å²) >= 11 is 1.85. The molecule has 0 heterocycles. The van der Waals surface area contributed by atoms with E-state index >= 15 is 0 Å². The quantitative estimate of drug-likeness (QED) is 0.790.